The highest BCUT2D eigenvalue weighted by Crippen LogP contribution is 2.28. The summed E-state index contributed by atoms with van der Waals surface area (Å²) >= 11 is 6.79. The van der Waals surface area contributed by atoms with Crippen LogP contribution in [-0.2, 0) is 10.2 Å². The van der Waals surface area contributed by atoms with Gasteiger partial charge in [0.2, 0.25) is 0 Å². The molecule has 0 unspecified atom stereocenters. The minimum absolute atomic E-state index is 0.0913. The van der Waals surface area contributed by atoms with Crippen LogP contribution in [0.3, 0.4) is 0 Å². The molecule has 1 amide bonds. The first-order valence-corrected chi connectivity index (χ1v) is 13.1. The zero-order valence-corrected chi connectivity index (χ0v) is 20.8. The Morgan fingerprint density at radius 2 is 2.00 bits per heavy atom. The van der Waals surface area contributed by atoms with Crippen LogP contribution in [0.25, 0.3) is 10.9 Å². The first kappa shape index (κ1) is 24.9. The van der Waals surface area contributed by atoms with Crippen LogP contribution in [0, 0.1) is 5.82 Å². The number of thiazole rings is 1. The Hall–Kier alpha value is -3.26. The number of hydrogen-bond donors (Lipinski definition) is 4. The SMILES string of the molecule is CCNCCNc1cc(F)ccc1C(=O)Nc1cccc2c1cnn2S(=O)(=O)Nc1ncc(Cl)s1. The lowest BCUT2D eigenvalue weighted by molar-refractivity contribution is 0.102. The number of nitrogens with one attached hydrogen (secondary N) is 4. The van der Waals surface area contributed by atoms with Gasteiger partial charge in [-0.05, 0) is 36.9 Å². The van der Waals surface area contributed by atoms with Crippen molar-refractivity contribution >= 4 is 66.5 Å². The average molecular weight is 538 g/mol. The molecule has 0 aliphatic carbocycles. The predicted molar refractivity (Wildman–Crippen MR) is 136 cm³/mol. The summed E-state index contributed by atoms with van der Waals surface area (Å²) in [5.74, 6) is -0.968. The Kier molecular flexibility index (Phi) is 7.50. The minimum atomic E-state index is -4.13. The number of nitrogens with zero attached hydrogens (tertiary/aromatic N) is 3. The van der Waals surface area contributed by atoms with E-state index in [9.17, 15) is 17.6 Å². The second-order valence-electron chi connectivity index (χ2n) is 7.23. The topological polar surface area (TPSA) is 130 Å². The van der Waals surface area contributed by atoms with E-state index in [0.29, 0.717) is 34.2 Å². The van der Waals surface area contributed by atoms with Crippen LogP contribution in [-0.4, -0.2) is 48.1 Å². The lowest BCUT2D eigenvalue weighted by Gasteiger charge is -2.13. The van der Waals surface area contributed by atoms with E-state index in [2.05, 4.69) is 30.8 Å². The fraction of sp³-hybridized carbons (Fsp3) is 0.190. The molecule has 0 fully saturated rings. The molecule has 0 atom stereocenters. The number of halogens is 2. The third-order valence-corrected chi connectivity index (χ3v) is 7.20. The van der Waals surface area contributed by atoms with Gasteiger partial charge in [0.1, 0.15) is 10.2 Å². The Morgan fingerprint density at radius 1 is 1.17 bits per heavy atom. The average Bonchev–Trinajstić information content (AvgIpc) is 3.43. The largest absolute Gasteiger partial charge is 0.383 e. The van der Waals surface area contributed by atoms with Gasteiger partial charge in [0, 0.05) is 24.2 Å². The van der Waals surface area contributed by atoms with Crippen molar-refractivity contribution in [2.75, 3.05) is 35.0 Å². The van der Waals surface area contributed by atoms with E-state index in [-0.39, 0.29) is 16.2 Å². The lowest BCUT2D eigenvalue weighted by Crippen LogP contribution is -2.23. The maximum atomic E-state index is 13.8. The third kappa shape index (κ3) is 5.70. The standard InChI is InChI=1S/C21H21ClFN7O3S2/c1-2-24-8-9-25-17-10-13(23)6-7-14(17)20(31)28-16-4-3-5-18-15(16)11-27-30(18)35(32,33)29-21-26-12-19(22)34-21/h3-7,10-12,24-25H,2,8-9H2,1H3,(H,26,29)(H,28,31). The number of hydrogen-bond acceptors (Lipinski definition) is 8. The molecule has 14 heteroatoms. The molecule has 10 nitrogen and oxygen atoms in total. The van der Waals surface area contributed by atoms with E-state index in [4.69, 9.17) is 11.6 Å². The predicted octanol–water partition coefficient (Wildman–Crippen LogP) is 3.76. The summed E-state index contributed by atoms with van der Waals surface area (Å²) in [5.41, 5.74) is 1.16. The second-order valence-corrected chi connectivity index (χ2v) is 10.4. The normalized spacial score (nSPS) is 11.5. The summed E-state index contributed by atoms with van der Waals surface area (Å²) < 4.78 is 43.0. The number of aromatic nitrogens is 3. The van der Waals surface area contributed by atoms with Gasteiger partial charge >= 0.3 is 10.2 Å². The van der Waals surface area contributed by atoms with Crippen LogP contribution in [0.15, 0.2) is 48.8 Å². The Bertz CT molecular complexity index is 1470. The van der Waals surface area contributed by atoms with Crippen LogP contribution in [0.1, 0.15) is 17.3 Å². The van der Waals surface area contributed by atoms with Crippen molar-refractivity contribution < 1.29 is 17.6 Å². The molecular weight excluding hydrogens is 517 g/mol. The van der Waals surface area contributed by atoms with Gasteiger partial charge in [-0.15, -0.1) is 4.09 Å². The highest BCUT2D eigenvalue weighted by Gasteiger charge is 2.21. The van der Waals surface area contributed by atoms with Crippen molar-refractivity contribution in [2.24, 2.45) is 0 Å². The van der Waals surface area contributed by atoms with Gasteiger partial charge in [0.05, 0.1) is 29.2 Å². The molecule has 0 bridgehead atoms. The zero-order valence-electron chi connectivity index (χ0n) is 18.4. The second kappa shape index (κ2) is 10.6. The summed E-state index contributed by atoms with van der Waals surface area (Å²) in [6.45, 7) is 3.90. The maximum absolute atomic E-state index is 13.8. The van der Waals surface area contributed by atoms with E-state index in [1.54, 1.807) is 18.2 Å². The van der Waals surface area contributed by atoms with Gasteiger partial charge in [-0.25, -0.2) is 14.1 Å². The van der Waals surface area contributed by atoms with Crippen LogP contribution in [0.4, 0.5) is 20.9 Å². The number of benzene rings is 2. The molecule has 4 N–H and O–H groups in total. The number of rotatable bonds is 10. The van der Waals surface area contributed by atoms with Crippen molar-refractivity contribution in [1.29, 1.82) is 0 Å². The lowest BCUT2D eigenvalue weighted by atomic mass is 10.1. The van der Waals surface area contributed by atoms with Gasteiger partial charge in [-0.1, -0.05) is 35.9 Å². The smallest absolute Gasteiger partial charge is 0.345 e. The first-order chi connectivity index (χ1) is 16.8. The van der Waals surface area contributed by atoms with Crippen LogP contribution < -0.4 is 20.7 Å². The van der Waals surface area contributed by atoms with Gasteiger partial charge in [-0.2, -0.15) is 13.5 Å². The number of fused-ring (bicyclic) bond motifs is 1. The molecule has 4 aromatic rings. The molecule has 2 aromatic carbocycles. The highest BCUT2D eigenvalue weighted by molar-refractivity contribution is 7.91. The monoisotopic (exact) mass is 537 g/mol. The molecule has 4 rings (SSSR count). The van der Waals surface area contributed by atoms with Crippen molar-refractivity contribution in [3.63, 3.8) is 0 Å². The fourth-order valence-corrected chi connectivity index (χ4v) is 5.39. The Morgan fingerprint density at radius 3 is 2.74 bits per heavy atom. The van der Waals surface area contributed by atoms with Crippen molar-refractivity contribution in [3.05, 3.63) is 64.5 Å². The Labute approximate surface area is 209 Å². The zero-order chi connectivity index (χ0) is 25.0. The van der Waals surface area contributed by atoms with Crippen LogP contribution in [0.2, 0.25) is 4.34 Å². The molecule has 2 aromatic heterocycles. The van der Waals surface area contributed by atoms with Gasteiger partial charge in [0.25, 0.3) is 5.91 Å². The molecule has 35 heavy (non-hydrogen) atoms. The number of carbonyl (C=O) groups excluding carboxylic acids is 1. The Balaban J connectivity index is 1.59. The quantitative estimate of drug-likeness (QED) is 0.227. The van der Waals surface area contributed by atoms with Gasteiger partial charge in [-0.3, -0.25) is 4.79 Å². The summed E-state index contributed by atoms with van der Waals surface area (Å²) in [6.07, 6.45) is 2.66. The summed E-state index contributed by atoms with van der Waals surface area (Å²) in [6, 6.07) is 8.60. The molecule has 0 saturated carbocycles. The molecule has 2 heterocycles. The van der Waals surface area contributed by atoms with Crippen LogP contribution >= 0.6 is 22.9 Å². The van der Waals surface area contributed by atoms with Gasteiger partial charge < -0.3 is 16.0 Å². The first-order valence-electron chi connectivity index (χ1n) is 10.5. The van der Waals surface area contributed by atoms with E-state index in [1.165, 1.54) is 30.6 Å². The molecular formula is C21H21ClFN7O3S2. The van der Waals surface area contributed by atoms with E-state index in [0.717, 1.165) is 22.0 Å². The summed E-state index contributed by atoms with van der Waals surface area (Å²) in [7, 11) is -4.13. The summed E-state index contributed by atoms with van der Waals surface area (Å²) in [5, 5.41) is 13.4. The highest BCUT2D eigenvalue weighted by atomic mass is 35.5. The molecule has 0 aliphatic rings. The van der Waals surface area contributed by atoms with Crippen molar-refractivity contribution in [1.82, 2.24) is 19.5 Å². The summed E-state index contributed by atoms with van der Waals surface area (Å²) in [4.78, 5) is 16.9. The van der Waals surface area contributed by atoms with Crippen molar-refractivity contribution in [2.45, 2.75) is 6.92 Å². The maximum Gasteiger partial charge on any atom is 0.345 e. The molecule has 184 valence electrons. The third-order valence-electron chi connectivity index (χ3n) is 4.84. The minimum Gasteiger partial charge on any atom is -0.383 e. The van der Waals surface area contributed by atoms with E-state index >= 15 is 0 Å². The van der Waals surface area contributed by atoms with Crippen LogP contribution in [0.5, 0.6) is 0 Å². The van der Waals surface area contributed by atoms with E-state index < -0.39 is 21.9 Å². The molecule has 0 aliphatic heterocycles. The van der Waals surface area contributed by atoms with Gasteiger partial charge in [0.15, 0.2) is 5.13 Å². The van der Waals surface area contributed by atoms with Crippen molar-refractivity contribution in [3.8, 4) is 0 Å². The molecule has 0 spiro atoms. The fourth-order valence-electron chi connectivity index (χ4n) is 3.30. The number of anilines is 3. The molecule has 0 radical (unpaired) electrons. The number of likely N-dealkylation sites (N-methyl/N-ethyl adjacent to an activating group) is 1. The molecule has 0 saturated heterocycles. The number of carbonyl (C=O) groups is 1. The number of amides is 1. The van der Waals surface area contributed by atoms with E-state index in [1.807, 2.05) is 6.92 Å².